The molecule has 8 heteroatoms. The van der Waals surface area contributed by atoms with Crippen LogP contribution in [0.5, 0.6) is 0 Å². The number of aliphatic imine (C=N–C) groups is 1. The van der Waals surface area contributed by atoms with Crippen LogP contribution in [0.15, 0.2) is 4.99 Å². The number of aromatic nitrogens is 3. The molecule has 26 heavy (non-hydrogen) atoms. The molecular weight excluding hydrogens is 443 g/mol. The first kappa shape index (κ1) is 23.1. The van der Waals surface area contributed by atoms with Crippen molar-refractivity contribution < 1.29 is 4.74 Å². The summed E-state index contributed by atoms with van der Waals surface area (Å²) in [5.41, 5.74) is 0. The Labute approximate surface area is 174 Å². The van der Waals surface area contributed by atoms with E-state index in [1.807, 2.05) is 18.5 Å². The van der Waals surface area contributed by atoms with E-state index in [4.69, 9.17) is 9.73 Å². The van der Waals surface area contributed by atoms with Crippen LogP contribution in [0.3, 0.4) is 0 Å². The molecule has 0 saturated carbocycles. The average Bonchev–Trinajstić information content (AvgIpc) is 2.93. The normalized spacial score (nSPS) is 18.2. The van der Waals surface area contributed by atoms with E-state index in [1.54, 1.807) is 0 Å². The van der Waals surface area contributed by atoms with E-state index >= 15 is 0 Å². The van der Waals surface area contributed by atoms with Crippen molar-refractivity contribution in [3.8, 4) is 0 Å². The highest BCUT2D eigenvalue weighted by Gasteiger charge is 2.21. The number of hydrogen-bond donors (Lipinski definition) is 2. The molecule has 0 bridgehead atoms. The van der Waals surface area contributed by atoms with Gasteiger partial charge >= 0.3 is 0 Å². The summed E-state index contributed by atoms with van der Waals surface area (Å²) in [7, 11) is 0. The summed E-state index contributed by atoms with van der Waals surface area (Å²) in [6.45, 7) is 13.7. The van der Waals surface area contributed by atoms with Crippen molar-refractivity contribution in [1.82, 2.24) is 25.4 Å². The highest BCUT2D eigenvalue weighted by atomic mass is 127. The summed E-state index contributed by atoms with van der Waals surface area (Å²) in [4.78, 5) is 9.21. The lowest BCUT2D eigenvalue weighted by Crippen LogP contribution is -2.47. The Balaban J connectivity index is 0.00000338. The van der Waals surface area contributed by atoms with E-state index in [1.165, 1.54) is 0 Å². The summed E-state index contributed by atoms with van der Waals surface area (Å²) in [5, 5.41) is 11.4. The van der Waals surface area contributed by atoms with Gasteiger partial charge in [-0.25, -0.2) is 9.67 Å². The van der Waals surface area contributed by atoms with Crippen molar-refractivity contribution in [3.63, 3.8) is 0 Å². The monoisotopic (exact) mass is 478 g/mol. The van der Waals surface area contributed by atoms with Gasteiger partial charge in [0.05, 0.1) is 12.6 Å². The lowest BCUT2D eigenvalue weighted by atomic mass is 10.0. The number of rotatable bonds is 8. The number of guanidine groups is 1. The van der Waals surface area contributed by atoms with Gasteiger partial charge in [-0.2, -0.15) is 5.10 Å². The Hall–Kier alpha value is -0.900. The van der Waals surface area contributed by atoms with E-state index in [2.05, 4.69) is 41.5 Å². The third-order valence-electron chi connectivity index (χ3n) is 4.46. The second-order valence-electron chi connectivity index (χ2n) is 6.92. The van der Waals surface area contributed by atoms with Gasteiger partial charge in [-0.1, -0.05) is 13.8 Å². The van der Waals surface area contributed by atoms with Gasteiger partial charge < -0.3 is 15.4 Å². The van der Waals surface area contributed by atoms with Crippen LogP contribution in [-0.2, 0) is 17.7 Å². The molecule has 0 aliphatic carbocycles. The third kappa shape index (κ3) is 7.02. The Morgan fingerprint density at radius 3 is 2.81 bits per heavy atom. The van der Waals surface area contributed by atoms with Crippen molar-refractivity contribution in [2.24, 2.45) is 10.9 Å². The zero-order chi connectivity index (χ0) is 18.2. The number of nitrogens with one attached hydrogen (secondary N) is 2. The van der Waals surface area contributed by atoms with Gasteiger partial charge in [0.1, 0.15) is 11.6 Å². The van der Waals surface area contributed by atoms with Gasteiger partial charge in [0.2, 0.25) is 0 Å². The van der Waals surface area contributed by atoms with E-state index in [0.717, 1.165) is 63.1 Å². The molecule has 0 spiro atoms. The van der Waals surface area contributed by atoms with Crippen LogP contribution in [0.1, 0.15) is 52.2 Å². The summed E-state index contributed by atoms with van der Waals surface area (Å²) in [5.74, 6) is 3.34. The Bertz CT molecular complexity index is 560. The predicted octanol–water partition coefficient (Wildman–Crippen LogP) is 2.53. The standard InChI is InChI=1S/C18H34N6O.HI/c1-6-19-18(20-11-10-16(13(3)4)25-7-2)22-15-8-9-17-21-14(5)23-24(17)12-15;/h13,15-16H,6-12H2,1-5H3,(H2,19,20,22);1H. The molecule has 7 nitrogen and oxygen atoms in total. The molecule has 1 aliphatic heterocycles. The third-order valence-corrected chi connectivity index (χ3v) is 4.46. The van der Waals surface area contributed by atoms with Gasteiger partial charge in [-0.3, -0.25) is 4.99 Å². The summed E-state index contributed by atoms with van der Waals surface area (Å²) in [6, 6.07) is 0.333. The molecule has 1 aliphatic rings. The van der Waals surface area contributed by atoms with Gasteiger partial charge in [-0.15, -0.1) is 24.0 Å². The van der Waals surface area contributed by atoms with E-state index in [9.17, 15) is 0 Å². The van der Waals surface area contributed by atoms with Gasteiger partial charge in [0.15, 0.2) is 5.96 Å². The van der Waals surface area contributed by atoms with Gasteiger partial charge in [-0.05, 0) is 39.5 Å². The molecule has 0 radical (unpaired) electrons. The number of ether oxygens (including phenoxy) is 1. The number of aryl methyl sites for hydroxylation is 2. The fraction of sp³-hybridized carbons (Fsp3) is 0.833. The average molecular weight is 478 g/mol. The van der Waals surface area contributed by atoms with Crippen LogP contribution in [0.4, 0.5) is 0 Å². The lowest BCUT2D eigenvalue weighted by molar-refractivity contribution is 0.0266. The maximum absolute atomic E-state index is 5.81. The maximum Gasteiger partial charge on any atom is 0.191 e. The van der Waals surface area contributed by atoms with Crippen molar-refractivity contribution >= 4 is 29.9 Å². The lowest BCUT2D eigenvalue weighted by Gasteiger charge is -2.25. The van der Waals surface area contributed by atoms with Gasteiger partial charge in [0.25, 0.3) is 0 Å². The first-order valence-corrected chi connectivity index (χ1v) is 9.60. The largest absolute Gasteiger partial charge is 0.378 e. The van der Waals surface area contributed by atoms with Crippen molar-refractivity contribution in [1.29, 1.82) is 0 Å². The molecule has 2 atom stereocenters. The molecule has 0 amide bonds. The van der Waals surface area contributed by atoms with Gasteiger partial charge in [0, 0.05) is 32.2 Å². The van der Waals surface area contributed by atoms with E-state index in [-0.39, 0.29) is 30.1 Å². The topological polar surface area (TPSA) is 76.4 Å². The number of hydrogen-bond acceptors (Lipinski definition) is 4. The first-order valence-electron chi connectivity index (χ1n) is 9.60. The van der Waals surface area contributed by atoms with Crippen molar-refractivity contribution in [2.45, 2.75) is 72.6 Å². The Morgan fingerprint density at radius 2 is 2.15 bits per heavy atom. The molecule has 2 N–H and O–H groups in total. The zero-order valence-corrected chi connectivity index (χ0v) is 19.1. The molecule has 2 unspecified atom stereocenters. The van der Waals surface area contributed by atoms with Crippen LogP contribution < -0.4 is 10.6 Å². The fourth-order valence-electron chi connectivity index (χ4n) is 3.19. The van der Waals surface area contributed by atoms with Crippen LogP contribution >= 0.6 is 24.0 Å². The minimum atomic E-state index is 0. The van der Waals surface area contributed by atoms with Crippen LogP contribution in [0.2, 0.25) is 0 Å². The number of nitrogens with zero attached hydrogens (tertiary/aromatic N) is 4. The quantitative estimate of drug-likeness (QED) is 0.341. The Morgan fingerprint density at radius 1 is 1.38 bits per heavy atom. The molecule has 0 fully saturated rings. The van der Waals surface area contributed by atoms with E-state index in [0.29, 0.717) is 12.0 Å². The molecule has 0 saturated heterocycles. The predicted molar refractivity (Wildman–Crippen MR) is 116 cm³/mol. The second-order valence-corrected chi connectivity index (χ2v) is 6.92. The minimum Gasteiger partial charge on any atom is -0.378 e. The van der Waals surface area contributed by atoms with Crippen molar-refractivity contribution in [3.05, 3.63) is 11.6 Å². The smallest absolute Gasteiger partial charge is 0.191 e. The molecular formula is C18H35IN6O. The van der Waals surface area contributed by atoms with Crippen LogP contribution in [0, 0.1) is 12.8 Å². The second kappa shape index (κ2) is 11.7. The highest BCUT2D eigenvalue weighted by Crippen LogP contribution is 2.13. The minimum absolute atomic E-state index is 0. The maximum atomic E-state index is 5.81. The molecule has 0 aromatic carbocycles. The summed E-state index contributed by atoms with van der Waals surface area (Å²) < 4.78 is 7.83. The molecule has 2 heterocycles. The Kier molecular flexibility index (Phi) is 10.4. The SMILES string of the molecule is CCNC(=NCCC(OCC)C(C)C)NC1CCc2nc(C)nn2C1.I. The van der Waals surface area contributed by atoms with Crippen LogP contribution in [0.25, 0.3) is 0 Å². The number of halogens is 1. The summed E-state index contributed by atoms with van der Waals surface area (Å²) in [6.07, 6.45) is 3.22. The van der Waals surface area contributed by atoms with Crippen LogP contribution in [-0.4, -0.2) is 52.6 Å². The van der Waals surface area contributed by atoms with E-state index < -0.39 is 0 Å². The number of fused-ring (bicyclic) bond motifs is 1. The van der Waals surface area contributed by atoms with Crippen molar-refractivity contribution in [2.75, 3.05) is 19.7 Å². The first-order chi connectivity index (χ1) is 12.0. The molecule has 1 aromatic heterocycles. The fourth-order valence-corrected chi connectivity index (χ4v) is 3.19. The highest BCUT2D eigenvalue weighted by molar-refractivity contribution is 14.0. The molecule has 150 valence electrons. The molecule has 2 rings (SSSR count). The molecule has 1 aromatic rings. The zero-order valence-electron chi connectivity index (χ0n) is 16.8. The summed E-state index contributed by atoms with van der Waals surface area (Å²) >= 11 is 0.